The molecule has 0 aromatic heterocycles. The maximum absolute atomic E-state index is 10.2. The number of aliphatic carboxylic acids is 1. The molecule has 56 valence electrons. The number of allylic oxidation sites excluding steroid dienone is 1. The van der Waals surface area contributed by atoms with Crippen LogP contribution in [0.5, 0.6) is 0 Å². The summed E-state index contributed by atoms with van der Waals surface area (Å²) in [5, 5.41) is 8.27. The van der Waals surface area contributed by atoms with Gasteiger partial charge >= 0.3 is 5.97 Å². The second kappa shape index (κ2) is 3.82. The van der Waals surface area contributed by atoms with Crippen molar-refractivity contribution >= 4 is 12.3 Å². The van der Waals surface area contributed by atoms with Gasteiger partial charge in [-0.3, -0.25) is 9.59 Å². The van der Waals surface area contributed by atoms with Crippen molar-refractivity contribution in [1.82, 2.24) is 0 Å². The number of carboxylic acids is 1. The highest BCUT2D eigenvalue weighted by atomic mass is 16.4. The minimum absolute atomic E-state index is 0.175. The van der Waals surface area contributed by atoms with Gasteiger partial charge in [-0.1, -0.05) is 5.57 Å². The predicted molar refractivity (Wildman–Crippen MR) is 36.7 cm³/mol. The summed E-state index contributed by atoms with van der Waals surface area (Å²) in [5.41, 5.74) is 1.12. The van der Waals surface area contributed by atoms with Crippen LogP contribution in [0.15, 0.2) is 11.1 Å². The molecule has 3 nitrogen and oxygen atoms in total. The lowest BCUT2D eigenvalue weighted by Crippen LogP contribution is -1.99. The number of carbonyl (C=O) groups excluding carboxylic acids is 1. The second-order valence-corrected chi connectivity index (χ2v) is 2.21. The molecule has 0 spiro atoms. The average Bonchev–Trinajstić information content (AvgIpc) is 1.81. The van der Waals surface area contributed by atoms with E-state index in [1.807, 2.05) is 0 Å². The first kappa shape index (κ1) is 8.88. The fraction of sp³-hybridized carbons (Fsp3) is 0.429. The first-order valence-corrected chi connectivity index (χ1v) is 2.91. The van der Waals surface area contributed by atoms with E-state index in [-0.39, 0.29) is 6.42 Å². The lowest BCUT2D eigenvalue weighted by molar-refractivity contribution is -0.136. The standard InChI is InChI=1S/C7H10O3/c1-5(2)6(4-8)3-7(9)10/h4H,3H2,1-2H3,(H,9,10). The van der Waals surface area contributed by atoms with Crippen molar-refractivity contribution in [3.8, 4) is 0 Å². The van der Waals surface area contributed by atoms with Gasteiger partial charge in [0.1, 0.15) is 6.29 Å². The Morgan fingerprint density at radius 2 is 2.00 bits per heavy atom. The zero-order valence-corrected chi connectivity index (χ0v) is 6.05. The summed E-state index contributed by atoms with van der Waals surface area (Å²) in [7, 11) is 0. The van der Waals surface area contributed by atoms with Gasteiger partial charge in [-0.05, 0) is 13.8 Å². The Bertz CT molecular complexity index is 175. The van der Waals surface area contributed by atoms with Crippen molar-refractivity contribution < 1.29 is 14.7 Å². The summed E-state index contributed by atoms with van der Waals surface area (Å²) in [6.45, 7) is 3.43. The summed E-state index contributed by atoms with van der Waals surface area (Å²) >= 11 is 0. The van der Waals surface area contributed by atoms with Gasteiger partial charge in [0.05, 0.1) is 6.42 Å². The van der Waals surface area contributed by atoms with E-state index in [9.17, 15) is 9.59 Å². The van der Waals surface area contributed by atoms with Crippen LogP contribution in [0.25, 0.3) is 0 Å². The Balaban J connectivity index is 4.25. The molecular weight excluding hydrogens is 132 g/mol. The molecule has 0 amide bonds. The largest absolute Gasteiger partial charge is 0.481 e. The molecule has 0 heterocycles. The molecule has 0 unspecified atom stereocenters. The van der Waals surface area contributed by atoms with E-state index in [0.717, 1.165) is 5.57 Å². The minimum Gasteiger partial charge on any atom is -0.481 e. The van der Waals surface area contributed by atoms with Gasteiger partial charge in [-0.25, -0.2) is 0 Å². The predicted octanol–water partition coefficient (Wildman–Crippen LogP) is 0.996. The normalized spacial score (nSPS) is 8.60. The Morgan fingerprint density at radius 3 is 2.10 bits per heavy atom. The van der Waals surface area contributed by atoms with Crippen molar-refractivity contribution in [2.45, 2.75) is 20.3 Å². The zero-order chi connectivity index (χ0) is 8.15. The van der Waals surface area contributed by atoms with Crippen molar-refractivity contribution in [2.24, 2.45) is 0 Å². The number of carbonyl (C=O) groups is 2. The molecule has 0 aromatic rings. The van der Waals surface area contributed by atoms with E-state index in [2.05, 4.69) is 0 Å². The summed E-state index contributed by atoms with van der Waals surface area (Å²) < 4.78 is 0. The van der Waals surface area contributed by atoms with Gasteiger partial charge in [0.2, 0.25) is 0 Å². The summed E-state index contributed by atoms with van der Waals surface area (Å²) in [6.07, 6.45) is 0.412. The van der Waals surface area contributed by atoms with E-state index >= 15 is 0 Å². The molecule has 1 N–H and O–H groups in total. The van der Waals surface area contributed by atoms with Crippen LogP contribution >= 0.6 is 0 Å². The summed E-state index contributed by atoms with van der Waals surface area (Å²) in [5.74, 6) is -0.969. The van der Waals surface area contributed by atoms with Crippen LogP contribution < -0.4 is 0 Å². The smallest absolute Gasteiger partial charge is 0.307 e. The van der Waals surface area contributed by atoms with E-state index < -0.39 is 5.97 Å². The second-order valence-electron chi connectivity index (χ2n) is 2.21. The van der Waals surface area contributed by atoms with Crippen LogP contribution in [-0.4, -0.2) is 17.4 Å². The topological polar surface area (TPSA) is 54.4 Å². The van der Waals surface area contributed by atoms with Crippen molar-refractivity contribution in [1.29, 1.82) is 0 Å². The van der Waals surface area contributed by atoms with Gasteiger partial charge in [-0.2, -0.15) is 0 Å². The lowest BCUT2D eigenvalue weighted by Gasteiger charge is -1.95. The average molecular weight is 142 g/mol. The highest BCUT2D eigenvalue weighted by Gasteiger charge is 2.02. The van der Waals surface area contributed by atoms with Crippen molar-refractivity contribution in [3.63, 3.8) is 0 Å². The van der Waals surface area contributed by atoms with Gasteiger partial charge in [0.15, 0.2) is 0 Å². The molecule has 0 aliphatic heterocycles. The number of aldehydes is 1. The number of hydrogen-bond acceptors (Lipinski definition) is 2. The van der Waals surface area contributed by atoms with Gasteiger partial charge in [-0.15, -0.1) is 0 Å². The monoisotopic (exact) mass is 142 g/mol. The number of hydrogen-bond donors (Lipinski definition) is 1. The first-order chi connectivity index (χ1) is 4.57. The third-order valence-corrected chi connectivity index (χ3v) is 1.13. The molecule has 3 heteroatoms. The lowest BCUT2D eigenvalue weighted by atomic mass is 10.1. The minimum atomic E-state index is -0.969. The quantitative estimate of drug-likeness (QED) is 0.472. The highest BCUT2D eigenvalue weighted by molar-refractivity contribution is 5.84. The van der Waals surface area contributed by atoms with E-state index in [1.54, 1.807) is 13.8 Å². The molecule has 0 rings (SSSR count). The maximum Gasteiger partial charge on any atom is 0.307 e. The van der Waals surface area contributed by atoms with Crippen LogP contribution in [0.3, 0.4) is 0 Å². The van der Waals surface area contributed by atoms with Crippen molar-refractivity contribution in [2.75, 3.05) is 0 Å². The van der Waals surface area contributed by atoms with Crippen LogP contribution in [0.2, 0.25) is 0 Å². The molecule has 0 saturated heterocycles. The maximum atomic E-state index is 10.2. The first-order valence-electron chi connectivity index (χ1n) is 2.91. The zero-order valence-electron chi connectivity index (χ0n) is 6.05. The van der Waals surface area contributed by atoms with Gasteiger partial charge < -0.3 is 5.11 Å². The molecule has 0 bridgehead atoms. The van der Waals surface area contributed by atoms with Crippen LogP contribution in [0.4, 0.5) is 0 Å². The van der Waals surface area contributed by atoms with E-state index in [4.69, 9.17) is 5.11 Å². The Kier molecular flexibility index (Phi) is 3.39. The van der Waals surface area contributed by atoms with Crippen molar-refractivity contribution in [3.05, 3.63) is 11.1 Å². The van der Waals surface area contributed by atoms with Gasteiger partial charge in [0.25, 0.3) is 0 Å². The molecule has 0 atom stereocenters. The third-order valence-electron chi connectivity index (χ3n) is 1.13. The molecule has 0 aliphatic rings. The fourth-order valence-corrected chi connectivity index (χ4v) is 0.499. The third kappa shape index (κ3) is 3.02. The Morgan fingerprint density at radius 1 is 1.50 bits per heavy atom. The fourth-order valence-electron chi connectivity index (χ4n) is 0.499. The summed E-state index contributed by atoms with van der Waals surface area (Å²) in [6, 6.07) is 0. The molecule has 0 aliphatic carbocycles. The SMILES string of the molecule is CC(C)=C(C=O)CC(=O)O. The highest BCUT2D eigenvalue weighted by Crippen LogP contribution is 2.04. The van der Waals surface area contributed by atoms with Crippen LogP contribution in [0, 0.1) is 0 Å². The molecule has 0 saturated carbocycles. The molecule has 10 heavy (non-hydrogen) atoms. The van der Waals surface area contributed by atoms with Crippen LogP contribution in [-0.2, 0) is 9.59 Å². The number of carboxylic acid groups (broad SMARTS) is 1. The molecule has 0 radical (unpaired) electrons. The Hall–Kier alpha value is -1.12. The van der Waals surface area contributed by atoms with Gasteiger partial charge in [0, 0.05) is 5.57 Å². The molecule has 0 fully saturated rings. The van der Waals surface area contributed by atoms with E-state index in [1.165, 1.54) is 0 Å². The number of rotatable bonds is 3. The molecule has 0 aromatic carbocycles. The Labute approximate surface area is 59.4 Å². The van der Waals surface area contributed by atoms with E-state index in [0.29, 0.717) is 11.9 Å². The molecular formula is C7H10O3. The van der Waals surface area contributed by atoms with Crippen LogP contribution in [0.1, 0.15) is 20.3 Å². The summed E-state index contributed by atoms with van der Waals surface area (Å²) in [4.78, 5) is 20.2.